The molecule has 4 rings (SSSR count). The highest BCUT2D eigenvalue weighted by atomic mass is 35.5. The number of nitrogens with zero attached hydrogens (tertiary/aromatic N) is 3. The summed E-state index contributed by atoms with van der Waals surface area (Å²) in [5.41, 5.74) is 1.38. The van der Waals surface area contributed by atoms with E-state index in [1.807, 2.05) is 18.2 Å². The minimum atomic E-state index is -0.482. The van der Waals surface area contributed by atoms with E-state index >= 15 is 0 Å². The van der Waals surface area contributed by atoms with Crippen molar-refractivity contribution in [3.63, 3.8) is 0 Å². The SMILES string of the molecule is COC(=O)c1ccc(OCc2ccc(C(=O)Nc3ncn(Cc4cccc(Cl)c4)n3)o2)cc1. The molecule has 33 heavy (non-hydrogen) atoms. The van der Waals surface area contributed by atoms with E-state index in [0.29, 0.717) is 28.6 Å². The number of amides is 1. The Morgan fingerprint density at radius 1 is 1.12 bits per heavy atom. The van der Waals surface area contributed by atoms with E-state index in [-0.39, 0.29) is 18.3 Å². The lowest BCUT2D eigenvalue weighted by Crippen LogP contribution is -2.12. The second-order valence-electron chi connectivity index (χ2n) is 6.92. The molecule has 168 valence electrons. The third-order valence-corrected chi connectivity index (χ3v) is 4.77. The summed E-state index contributed by atoms with van der Waals surface area (Å²) < 4.78 is 17.4. The number of furan rings is 1. The number of methoxy groups -OCH3 is 1. The molecule has 2 heterocycles. The smallest absolute Gasteiger partial charge is 0.337 e. The highest BCUT2D eigenvalue weighted by Gasteiger charge is 2.14. The molecule has 0 aliphatic rings. The molecule has 0 aliphatic carbocycles. The molecule has 0 bridgehead atoms. The summed E-state index contributed by atoms with van der Waals surface area (Å²) in [7, 11) is 1.32. The van der Waals surface area contributed by atoms with Gasteiger partial charge in [0.1, 0.15) is 24.4 Å². The van der Waals surface area contributed by atoms with Gasteiger partial charge in [-0.2, -0.15) is 0 Å². The number of esters is 1. The van der Waals surface area contributed by atoms with Gasteiger partial charge in [0.05, 0.1) is 19.2 Å². The topological polar surface area (TPSA) is 108 Å². The van der Waals surface area contributed by atoms with Crippen LogP contribution >= 0.6 is 11.6 Å². The Balaban J connectivity index is 1.31. The van der Waals surface area contributed by atoms with Gasteiger partial charge >= 0.3 is 5.97 Å². The first-order valence-corrected chi connectivity index (χ1v) is 10.2. The fraction of sp³-hybridized carbons (Fsp3) is 0.130. The number of halogens is 1. The Morgan fingerprint density at radius 3 is 2.70 bits per heavy atom. The monoisotopic (exact) mass is 466 g/mol. The zero-order valence-corrected chi connectivity index (χ0v) is 18.3. The largest absolute Gasteiger partial charge is 0.486 e. The Morgan fingerprint density at radius 2 is 1.94 bits per heavy atom. The van der Waals surface area contributed by atoms with Gasteiger partial charge in [0, 0.05) is 5.02 Å². The maximum atomic E-state index is 12.4. The average molecular weight is 467 g/mol. The molecule has 0 aliphatic heterocycles. The maximum absolute atomic E-state index is 12.4. The standard InChI is InChI=1S/C23H19ClN4O5/c1-31-22(30)16-5-7-18(8-6-16)32-13-19-9-10-20(33-19)21(29)26-23-25-14-28(27-23)12-15-3-2-4-17(24)11-15/h2-11,14H,12-13H2,1H3,(H,26,27,29). The van der Waals surface area contributed by atoms with Gasteiger partial charge in [-0.3, -0.25) is 10.1 Å². The van der Waals surface area contributed by atoms with Crippen LogP contribution in [0.15, 0.2) is 71.4 Å². The van der Waals surface area contributed by atoms with E-state index in [0.717, 1.165) is 5.56 Å². The van der Waals surface area contributed by atoms with Crippen molar-refractivity contribution in [3.8, 4) is 5.75 Å². The fourth-order valence-corrected chi connectivity index (χ4v) is 3.16. The number of anilines is 1. The van der Waals surface area contributed by atoms with Crippen molar-refractivity contribution in [2.75, 3.05) is 12.4 Å². The molecule has 10 heteroatoms. The summed E-state index contributed by atoms with van der Waals surface area (Å²) >= 11 is 6.00. The molecular weight excluding hydrogens is 448 g/mol. The van der Waals surface area contributed by atoms with Gasteiger partial charge in [0.25, 0.3) is 5.91 Å². The molecule has 0 atom stereocenters. The summed E-state index contributed by atoms with van der Waals surface area (Å²) in [6.07, 6.45) is 1.52. The van der Waals surface area contributed by atoms with Crippen LogP contribution in [0.5, 0.6) is 5.75 Å². The molecule has 1 N–H and O–H groups in total. The molecule has 1 amide bonds. The number of rotatable bonds is 8. The molecular formula is C23H19ClN4O5. The number of nitrogens with one attached hydrogen (secondary N) is 1. The molecule has 0 unspecified atom stereocenters. The molecule has 0 saturated carbocycles. The second-order valence-corrected chi connectivity index (χ2v) is 7.36. The van der Waals surface area contributed by atoms with Crippen molar-refractivity contribution in [2.45, 2.75) is 13.2 Å². The van der Waals surface area contributed by atoms with E-state index in [4.69, 9.17) is 20.8 Å². The van der Waals surface area contributed by atoms with Gasteiger partial charge in [0.2, 0.25) is 5.95 Å². The van der Waals surface area contributed by atoms with E-state index in [9.17, 15) is 9.59 Å². The van der Waals surface area contributed by atoms with Gasteiger partial charge in [-0.1, -0.05) is 23.7 Å². The van der Waals surface area contributed by atoms with Crippen molar-refractivity contribution in [1.82, 2.24) is 14.8 Å². The van der Waals surface area contributed by atoms with Crippen LogP contribution in [0.1, 0.15) is 32.2 Å². The summed E-state index contributed by atoms with van der Waals surface area (Å²) in [6, 6.07) is 17.1. The number of ether oxygens (including phenoxy) is 2. The van der Waals surface area contributed by atoms with Gasteiger partial charge in [-0.25, -0.2) is 14.5 Å². The second kappa shape index (κ2) is 10.0. The summed E-state index contributed by atoms with van der Waals surface area (Å²) in [4.78, 5) is 28.0. The molecule has 2 aromatic heterocycles. The quantitative estimate of drug-likeness (QED) is 0.388. The number of carbonyl (C=O) groups is 2. The number of hydrogen-bond acceptors (Lipinski definition) is 7. The van der Waals surface area contributed by atoms with E-state index in [2.05, 4.69) is 20.1 Å². The summed E-state index contributed by atoms with van der Waals surface area (Å²) in [5.74, 6) is 0.343. The first-order chi connectivity index (χ1) is 16.0. The minimum Gasteiger partial charge on any atom is -0.486 e. The number of aromatic nitrogens is 3. The van der Waals surface area contributed by atoms with E-state index < -0.39 is 11.9 Å². The number of hydrogen-bond donors (Lipinski definition) is 1. The third-order valence-electron chi connectivity index (χ3n) is 4.54. The lowest BCUT2D eigenvalue weighted by atomic mass is 10.2. The van der Waals surface area contributed by atoms with Crippen LogP contribution in [-0.2, 0) is 17.9 Å². The minimum absolute atomic E-state index is 0.0980. The van der Waals surface area contributed by atoms with Gasteiger partial charge in [-0.15, -0.1) is 5.10 Å². The summed E-state index contributed by atoms with van der Waals surface area (Å²) in [5, 5.41) is 7.48. The molecule has 2 aromatic carbocycles. The normalized spacial score (nSPS) is 10.6. The zero-order chi connectivity index (χ0) is 23.2. The summed E-state index contributed by atoms with van der Waals surface area (Å²) in [6.45, 7) is 0.573. The molecule has 0 spiro atoms. The number of benzene rings is 2. The lowest BCUT2D eigenvalue weighted by Gasteiger charge is -2.05. The highest BCUT2D eigenvalue weighted by molar-refractivity contribution is 6.30. The van der Waals surface area contributed by atoms with Crippen LogP contribution in [0.25, 0.3) is 0 Å². The Kier molecular flexibility index (Phi) is 6.70. The molecule has 4 aromatic rings. The van der Waals surface area contributed by atoms with Crippen LogP contribution < -0.4 is 10.1 Å². The van der Waals surface area contributed by atoms with Gasteiger partial charge in [-0.05, 0) is 54.1 Å². The van der Waals surface area contributed by atoms with Gasteiger partial charge in [0.15, 0.2) is 5.76 Å². The van der Waals surface area contributed by atoms with Crippen LogP contribution in [0.3, 0.4) is 0 Å². The van der Waals surface area contributed by atoms with Crippen molar-refractivity contribution in [3.05, 3.63) is 94.7 Å². The van der Waals surface area contributed by atoms with Crippen molar-refractivity contribution in [1.29, 1.82) is 0 Å². The first-order valence-electron chi connectivity index (χ1n) is 9.85. The number of carbonyl (C=O) groups excluding carboxylic acids is 2. The van der Waals surface area contributed by atoms with Crippen LogP contribution in [0.2, 0.25) is 5.02 Å². The van der Waals surface area contributed by atoms with E-state index in [1.54, 1.807) is 41.1 Å². The maximum Gasteiger partial charge on any atom is 0.337 e. The predicted molar refractivity (Wildman–Crippen MR) is 119 cm³/mol. The Bertz CT molecular complexity index is 1270. The Hall–Kier alpha value is -4.11. The van der Waals surface area contributed by atoms with Crippen molar-refractivity contribution in [2.24, 2.45) is 0 Å². The van der Waals surface area contributed by atoms with Crippen LogP contribution in [-0.4, -0.2) is 33.8 Å². The van der Waals surface area contributed by atoms with Crippen molar-refractivity contribution < 1.29 is 23.5 Å². The Labute approximate surface area is 193 Å². The highest BCUT2D eigenvalue weighted by Crippen LogP contribution is 2.17. The fourth-order valence-electron chi connectivity index (χ4n) is 2.95. The van der Waals surface area contributed by atoms with E-state index in [1.165, 1.54) is 19.5 Å². The molecule has 0 radical (unpaired) electrons. The van der Waals surface area contributed by atoms with Crippen LogP contribution in [0, 0.1) is 0 Å². The average Bonchev–Trinajstić information content (AvgIpc) is 3.47. The third kappa shape index (κ3) is 5.78. The van der Waals surface area contributed by atoms with Crippen molar-refractivity contribution >= 4 is 29.4 Å². The zero-order valence-electron chi connectivity index (χ0n) is 17.5. The lowest BCUT2D eigenvalue weighted by molar-refractivity contribution is 0.0600. The molecule has 0 saturated heterocycles. The first kappa shape index (κ1) is 22.1. The predicted octanol–water partition coefficient (Wildman–Crippen LogP) is 4.19. The van der Waals surface area contributed by atoms with Gasteiger partial charge < -0.3 is 13.9 Å². The molecule has 0 fully saturated rings. The van der Waals surface area contributed by atoms with Crippen LogP contribution in [0.4, 0.5) is 5.95 Å². The molecule has 9 nitrogen and oxygen atoms in total.